The van der Waals surface area contributed by atoms with Crippen molar-refractivity contribution in [2.75, 3.05) is 11.9 Å². The summed E-state index contributed by atoms with van der Waals surface area (Å²) in [6.45, 7) is 2.32. The molecule has 128 valence electrons. The lowest BCUT2D eigenvalue weighted by molar-refractivity contribution is 0.102. The topological polar surface area (TPSA) is 58.4 Å². The Morgan fingerprint density at radius 1 is 1.40 bits per heavy atom. The zero-order chi connectivity index (χ0) is 17.2. The number of aromatic nitrogens is 1. The number of anilines is 1. The normalized spacial score (nSPS) is 14.3. The van der Waals surface area contributed by atoms with Crippen LogP contribution >= 0.6 is 11.3 Å². The van der Waals surface area contributed by atoms with Crippen molar-refractivity contribution in [1.29, 1.82) is 0 Å². The Morgan fingerprint density at radius 3 is 3.12 bits per heavy atom. The quantitative estimate of drug-likeness (QED) is 0.774. The molecular formula is C18H16FN3O2S. The average molecular weight is 357 g/mol. The van der Waals surface area contributed by atoms with Crippen LogP contribution in [0.5, 0.6) is 0 Å². The molecular weight excluding hydrogens is 341 g/mol. The molecule has 7 heteroatoms. The van der Waals surface area contributed by atoms with Gasteiger partial charge in [0.15, 0.2) is 5.13 Å². The Kier molecular flexibility index (Phi) is 4.33. The molecule has 0 spiro atoms. The van der Waals surface area contributed by atoms with E-state index in [0.717, 1.165) is 35.6 Å². The summed E-state index contributed by atoms with van der Waals surface area (Å²) in [5, 5.41) is 3.41. The van der Waals surface area contributed by atoms with E-state index < -0.39 is 0 Å². The van der Waals surface area contributed by atoms with Crippen molar-refractivity contribution in [2.45, 2.75) is 19.5 Å². The van der Waals surface area contributed by atoms with Gasteiger partial charge in [-0.05, 0) is 23.8 Å². The van der Waals surface area contributed by atoms with Gasteiger partial charge in [-0.1, -0.05) is 12.1 Å². The number of thiazole rings is 1. The van der Waals surface area contributed by atoms with Gasteiger partial charge in [-0.15, -0.1) is 11.3 Å². The van der Waals surface area contributed by atoms with E-state index >= 15 is 0 Å². The number of fused-ring (bicyclic) bond motifs is 1. The molecule has 3 aromatic rings. The molecule has 5 nitrogen and oxygen atoms in total. The van der Waals surface area contributed by atoms with Crippen molar-refractivity contribution in [2.24, 2.45) is 0 Å². The molecule has 0 fully saturated rings. The summed E-state index contributed by atoms with van der Waals surface area (Å²) in [5.41, 5.74) is 2.46. The van der Waals surface area contributed by atoms with Gasteiger partial charge in [-0.2, -0.15) is 0 Å². The molecule has 3 heterocycles. The number of halogens is 1. The van der Waals surface area contributed by atoms with Crippen LogP contribution in [0.15, 0.2) is 47.3 Å². The van der Waals surface area contributed by atoms with Gasteiger partial charge in [-0.3, -0.25) is 15.0 Å². The first-order valence-corrected chi connectivity index (χ1v) is 8.78. The number of benzene rings is 1. The first-order chi connectivity index (χ1) is 12.2. The smallest absolute Gasteiger partial charge is 0.260 e. The number of furan rings is 1. The third kappa shape index (κ3) is 3.62. The van der Waals surface area contributed by atoms with E-state index in [0.29, 0.717) is 17.2 Å². The predicted molar refractivity (Wildman–Crippen MR) is 93.0 cm³/mol. The number of carbonyl (C=O) groups excluding carboxylic acids is 1. The number of hydrogen-bond donors (Lipinski definition) is 1. The van der Waals surface area contributed by atoms with Crippen LogP contribution in [0.1, 0.15) is 26.5 Å². The summed E-state index contributed by atoms with van der Waals surface area (Å²) in [6, 6.07) is 8.30. The van der Waals surface area contributed by atoms with Crippen LogP contribution in [0, 0.1) is 5.82 Å². The van der Waals surface area contributed by atoms with Crippen molar-refractivity contribution in [1.82, 2.24) is 9.88 Å². The van der Waals surface area contributed by atoms with Gasteiger partial charge in [0.2, 0.25) is 0 Å². The molecule has 0 atom stereocenters. The monoisotopic (exact) mass is 357 g/mol. The molecule has 2 aromatic heterocycles. The Bertz CT molecular complexity index is 892. The fraction of sp³-hybridized carbons (Fsp3) is 0.222. The lowest BCUT2D eigenvalue weighted by Crippen LogP contribution is -2.29. The summed E-state index contributed by atoms with van der Waals surface area (Å²) >= 11 is 1.49. The summed E-state index contributed by atoms with van der Waals surface area (Å²) < 4.78 is 18.3. The van der Waals surface area contributed by atoms with Crippen molar-refractivity contribution >= 4 is 22.4 Å². The van der Waals surface area contributed by atoms with E-state index in [1.807, 2.05) is 6.07 Å². The largest absolute Gasteiger partial charge is 0.472 e. The van der Waals surface area contributed by atoms with Crippen LogP contribution < -0.4 is 5.32 Å². The summed E-state index contributed by atoms with van der Waals surface area (Å²) in [7, 11) is 0. The molecule has 0 radical (unpaired) electrons. The minimum absolute atomic E-state index is 0.211. The number of amides is 1. The van der Waals surface area contributed by atoms with Gasteiger partial charge in [0.05, 0.1) is 17.5 Å². The van der Waals surface area contributed by atoms with Gasteiger partial charge >= 0.3 is 0 Å². The van der Waals surface area contributed by atoms with Gasteiger partial charge < -0.3 is 4.42 Å². The molecule has 0 saturated heterocycles. The van der Waals surface area contributed by atoms with Crippen molar-refractivity contribution in [3.05, 3.63) is 70.4 Å². The van der Waals surface area contributed by atoms with E-state index in [9.17, 15) is 9.18 Å². The fourth-order valence-electron chi connectivity index (χ4n) is 2.89. The zero-order valence-corrected chi connectivity index (χ0v) is 14.2. The molecule has 1 aliphatic heterocycles. The molecule has 25 heavy (non-hydrogen) atoms. The lowest BCUT2D eigenvalue weighted by atomic mass is 10.1. The van der Waals surface area contributed by atoms with Crippen LogP contribution in [-0.4, -0.2) is 22.3 Å². The minimum atomic E-state index is -0.225. The van der Waals surface area contributed by atoms with Crippen LogP contribution in [0.4, 0.5) is 9.52 Å². The van der Waals surface area contributed by atoms with E-state index in [4.69, 9.17) is 4.42 Å². The Labute approximate surface area is 148 Å². The number of hydrogen-bond acceptors (Lipinski definition) is 5. The maximum atomic E-state index is 13.3. The van der Waals surface area contributed by atoms with Gasteiger partial charge in [0.25, 0.3) is 5.91 Å². The second kappa shape index (κ2) is 6.78. The maximum Gasteiger partial charge on any atom is 0.260 e. The Hall–Kier alpha value is -2.51. The van der Waals surface area contributed by atoms with E-state index in [1.54, 1.807) is 18.2 Å². The van der Waals surface area contributed by atoms with Crippen LogP contribution in [0.25, 0.3) is 0 Å². The van der Waals surface area contributed by atoms with E-state index in [2.05, 4.69) is 15.2 Å². The predicted octanol–water partition coefficient (Wildman–Crippen LogP) is 3.69. The Morgan fingerprint density at radius 2 is 2.32 bits per heavy atom. The number of nitrogens with one attached hydrogen (secondary N) is 1. The molecule has 0 aliphatic carbocycles. The minimum Gasteiger partial charge on any atom is -0.472 e. The Balaban J connectivity index is 1.43. The van der Waals surface area contributed by atoms with E-state index in [-0.39, 0.29) is 11.7 Å². The average Bonchev–Trinajstić information content (AvgIpc) is 3.23. The van der Waals surface area contributed by atoms with Gasteiger partial charge in [0.1, 0.15) is 12.1 Å². The molecule has 1 aliphatic rings. The molecule has 1 N–H and O–H groups in total. The summed E-state index contributed by atoms with van der Waals surface area (Å²) in [5.74, 6) is -0.436. The maximum absolute atomic E-state index is 13.3. The first kappa shape index (κ1) is 16.0. The highest BCUT2D eigenvalue weighted by Crippen LogP contribution is 2.29. The number of carbonyl (C=O) groups is 1. The summed E-state index contributed by atoms with van der Waals surface area (Å²) in [4.78, 5) is 20.0. The van der Waals surface area contributed by atoms with Crippen molar-refractivity contribution < 1.29 is 13.6 Å². The van der Waals surface area contributed by atoms with Gasteiger partial charge in [0, 0.05) is 30.9 Å². The summed E-state index contributed by atoms with van der Waals surface area (Å²) in [6.07, 6.45) is 3.69. The van der Waals surface area contributed by atoms with Crippen LogP contribution in [0.2, 0.25) is 0 Å². The third-order valence-electron chi connectivity index (χ3n) is 4.11. The number of nitrogens with zero attached hydrogens (tertiary/aromatic N) is 2. The molecule has 0 unspecified atom stereocenters. The molecule has 1 amide bonds. The SMILES string of the molecule is O=C(Nc1nc2c(s1)CN(Cc1cccc(F)c1)CC2)c1ccoc1. The standard InChI is InChI=1S/C18H16FN3O2S/c19-14-3-1-2-12(8-14)9-22-6-4-15-16(10-22)25-18(20-15)21-17(23)13-5-7-24-11-13/h1-3,5,7-8,11H,4,6,9-10H2,(H,20,21,23). The molecule has 0 saturated carbocycles. The molecule has 0 bridgehead atoms. The second-order valence-electron chi connectivity index (χ2n) is 5.95. The lowest BCUT2D eigenvalue weighted by Gasteiger charge is -2.25. The zero-order valence-electron chi connectivity index (χ0n) is 13.4. The molecule has 1 aromatic carbocycles. The van der Waals surface area contributed by atoms with Gasteiger partial charge in [-0.25, -0.2) is 9.37 Å². The highest BCUT2D eigenvalue weighted by molar-refractivity contribution is 7.15. The van der Waals surface area contributed by atoms with E-state index in [1.165, 1.54) is 29.9 Å². The first-order valence-electron chi connectivity index (χ1n) is 7.96. The second-order valence-corrected chi connectivity index (χ2v) is 7.03. The molecule has 4 rings (SSSR count). The van der Waals surface area contributed by atoms with Crippen molar-refractivity contribution in [3.8, 4) is 0 Å². The highest BCUT2D eigenvalue weighted by atomic mass is 32.1. The van der Waals surface area contributed by atoms with Crippen LogP contribution in [-0.2, 0) is 19.5 Å². The van der Waals surface area contributed by atoms with Crippen LogP contribution in [0.3, 0.4) is 0 Å². The van der Waals surface area contributed by atoms with Crippen molar-refractivity contribution in [3.63, 3.8) is 0 Å². The third-order valence-corrected chi connectivity index (χ3v) is 5.11. The highest BCUT2D eigenvalue weighted by Gasteiger charge is 2.22. The number of rotatable bonds is 4. The fourth-order valence-corrected chi connectivity index (χ4v) is 3.94.